The van der Waals surface area contributed by atoms with E-state index in [0.29, 0.717) is 52.9 Å². The first-order chi connectivity index (χ1) is 10.2. The van der Waals surface area contributed by atoms with Crippen LogP contribution in [0.15, 0.2) is 0 Å². The fourth-order valence-corrected chi connectivity index (χ4v) is 1.27. The number of carbonyl (C=O) groups is 1. The SMILES string of the molecule is CCOCCOCCOCCOCCOC(=O)NC(C)C. The van der Waals surface area contributed by atoms with Crippen LogP contribution in [0.25, 0.3) is 0 Å². The summed E-state index contributed by atoms with van der Waals surface area (Å²) < 4.78 is 25.9. The van der Waals surface area contributed by atoms with Crippen molar-refractivity contribution in [1.29, 1.82) is 0 Å². The lowest BCUT2D eigenvalue weighted by molar-refractivity contribution is -0.00551. The summed E-state index contributed by atoms with van der Waals surface area (Å²) in [4.78, 5) is 11.1. The van der Waals surface area contributed by atoms with Crippen LogP contribution in [0.1, 0.15) is 20.8 Å². The number of rotatable bonds is 14. The van der Waals surface area contributed by atoms with E-state index in [4.69, 9.17) is 23.7 Å². The maximum absolute atomic E-state index is 11.1. The smallest absolute Gasteiger partial charge is 0.407 e. The van der Waals surface area contributed by atoms with E-state index in [1.54, 1.807) is 0 Å². The Morgan fingerprint density at radius 2 is 1.24 bits per heavy atom. The van der Waals surface area contributed by atoms with Gasteiger partial charge in [0.15, 0.2) is 0 Å². The van der Waals surface area contributed by atoms with Crippen LogP contribution in [0.2, 0.25) is 0 Å². The van der Waals surface area contributed by atoms with E-state index in [1.807, 2.05) is 20.8 Å². The van der Waals surface area contributed by atoms with Gasteiger partial charge in [0, 0.05) is 12.6 Å². The molecule has 0 atom stereocenters. The number of hydrogen-bond acceptors (Lipinski definition) is 6. The highest BCUT2D eigenvalue weighted by Crippen LogP contribution is 1.85. The van der Waals surface area contributed by atoms with Crippen molar-refractivity contribution in [2.24, 2.45) is 0 Å². The molecule has 0 spiro atoms. The zero-order valence-corrected chi connectivity index (χ0v) is 13.4. The third-order valence-corrected chi connectivity index (χ3v) is 2.19. The highest BCUT2D eigenvalue weighted by atomic mass is 16.6. The van der Waals surface area contributed by atoms with Crippen molar-refractivity contribution in [3.63, 3.8) is 0 Å². The first kappa shape index (κ1) is 20.1. The Kier molecular flexibility index (Phi) is 14.8. The van der Waals surface area contributed by atoms with Gasteiger partial charge in [-0.3, -0.25) is 0 Å². The Morgan fingerprint density at radius 1 is 0.810 bits per heavy atom. The maximum Gasteiger partial charge on any atom is 0.407 e. The zero-order valence-electron chi connectivity index (χ0n) is 13.4. The summed E-state index contributed by atoms with van der Waals surface area (Å²) >= 11 is 0. The van der Waals surface area contributed by atoms with Gasteiger partial charge in [0.25, 0.3) is 0 Å². The van der Waals surface area contributed by atoms with Gasteiger partial charge in [-0.05, 0) is 20.8 Å². The van der Waals surface area contributed by atoms with Crippen molar-refractivity contribution in [2.45, 2.75) is 26.8 Å². The fraction of sp³-hybridized carbons (Fsp3) is 0.929. The van der Waals surface area contributed by atoms with Gasteiger partial charge in [-0.15, -0.1) is 0 Å². The zero-order chi connectivity index (χ0) is 15.8. The third-order valence-electron chi connectivity index (χ3n) is 2.19. The molecule has 0 heterocycles. The summed E-state index contributed by atoms with van der Waals surface area (Å²) in [6.45, 7) is 10.2. The second-order valence-corrected chi connectivity index (χ2v) is 4.47. The third kappa shape index (κ3) is 17.1. The Morgan fingerprint density at radius 3 is 1.67 bits per heavy atom. The lowest BCUT2D eigenvalue weighted by Crippen LogP contribution is -2.31. The van der Waals surface area contributed by atoms with Crippen molar-refractivity contribution in [3.05, 3.63) is 0 Å². The van der Waals surface area contributed by atoms with Gasteiger partial charge in [-0.2, -0.15) is 0 Å². The van der Waals surface area contributed by atoms with Gasteiger partial charge in [-0.1, -0.05) is 0 Å². The summed E-state index contributed by atoms with van der Waals surface area (Å²) in [6, 6.07) is 0.0718. The molecular formula is C14H29NO6. The standard InChI is InChI=1S/C14H29NO6/c1-4-17-5-6-18-7-8-19-9-10-20-11-12-21-14(16)15-13(2)3/h13H,4-12H2,1-3H3,(H,15,16). The molecular weight excluding hydrogens is 278 g/mol. The highest BCUT2D eigenvalue weighted by Gasteiger charge is 2.02. The molecule has 21 heavy (non-hydrogen) atoms. The highest BCUT2D eigenvalue weighted by molar-refractivity contribution is 5.67. The van der Waals surface area contributed by atoms with Crippen molar-refractivity contribution in [2.75, 3.05) is 59.5 Å². The predicted octanol–water partition coefficient (Wildman–Crippen LogP) is 1.21. The van der Waals surface area contributed by atoms with Crippen LogP contribution < -0.4 is 5.32 Å². The summed E-state index contributed by atoms with van der Waals surface area (Å²) in [5, 5.41) is 2.62. The number of ether oxygens (including phenoxy) is 5. The second-order valence-electron chi connectivity index (χ2n) is 4.47. The van der Waals surface area contributed by atoms with Gasteiger partial charge in [0.05, 0.1) is 46.2 Å². The molecule has 0 fully saturated rings. The monoisotopic (exact) mass is 307 g/mol. The summed E-state index contributed by atoms with van der Waals surface area (Å²) in [6.07, 6.45) is -0.422. The van der Waals surface area contributed by atoms with E-state index in [0.717, 1.165) is 0 Å². The molecule has 0 aromatic heterocycles. The number of alkyl carbamates (subject to hydrolysis) is 1. The molecule has 7 heteroatoms. The summed E-state index contributed by atoms with van der Waals surface area (Å²) in [5.74, 6) is 0. The number of amides is 1. The predicted molar refractivity (Wildman–Crippen MR) is 78.6 cm³/mol. The van der Waals surface area contributed by atoms with Gasteiger partial charge >= 0.3 is 6.09 Å². The molecule has 0 aromatic rings. The Bertz CT molecular complexity index is 238. The van der Waals surface area contributed by atoms with E-state index < -0.39 is 6.09 Å². The molecule has 126 valence electrons. The van der Waals surface area contributed by atoms with E-state index in [-0.39, 0.29) is 12.6 Å². The average molecular weight is 307 g/mol. The van der Waals surface area contributed by atoms with Crippen LogP contribution in [0, 0.1) is 0 Å². The van der Waals surface area contributed by atoms with Crippen molar-refractivity contribution in [1.82, 2.24) is 5.32 Å². The van der Waals surface area contributed by atoms with Gasteiger partial charge in [0.2, 0.25) is 0 Å². The van der Waals surface area contributed by atoms with E-state index in [9.17, 15) is 4.79 Å². The molecule has 0 bridgehead atoms. The fourth-order valence-electron chi connectivity index (χ4n) is 1.27. The number of hydrogen-bond donors (Lipinski definition) is 1. The van der Waals surface area contributed by atoms with Crippen LogP contribution in [0.3, 0.4) is 0 Å². The van der Waals surface area contributed by atoms with Crippen molar-refractivity contribution in [3.8, 4) is 0 Å². The van der Waals surface area contributed by atoms with Crippen molar-refractivity contribution >= 4 is 6.09 Å². The molecule has 0 aliphatic rings. The molecule has 1 amide bonds. The molecule has 7 nitrogen and oxygen atoms in total. The quantitative estimate of drug-likeness (QED) is 0.486. The number of nitrogens with one attached hydrogen (secondary N) is 1. The number of carbonyl (C=O) groups excluding carboxylic acids is 1. The summed E-state index contributed by atoms with van der Waals surface area (Å²) in [5.41, 5.74) is 0. The van der Waals surface area contributed by atoms with Crippen molar-refractivity contribution < 1.29 is 28.5 Å². The first-order valence-electron chi connectivity index (χ1n) is 7.41. The lowest BCUT2D eigenvalue weighted by Gasteiger charge is -2.09. The van der Waals surface area contributed by atoms with Crippen LogP contribution >= 0.6 is 0 Å². The minimum atomic E-state index is -0.422. The normalized spacial score (nSPS) is 10.9. The van der Waals surface area contributed by atoms with Crippen LogP contribution in [-0.4, -0.2) is 71.6 Å². The lowest BCUT2D eigenvalue weighted by atomic mass is 10.4. The molecule has 1 N–H and O–H groups in total. The molecule has 0 saturated carbocycles. The van der Waals surface area contributed by atoms with E-state index >= 15 is 0 Å². The molecule has 0 aliphatic carbocycles. The second kappa shape index (κ2) is 15.5. The van der Waals surface area contributed by atoms with Crippen LogP contribution in [0.5, 0.6) is 0 Å². The summed E-state index contributed by atoms with van der Waals surface area (Å²) in [7, 11) is 0. The van der Waals surface area contributed by atoms with Crippen LogP contribution in [0.4, 0.5) is 4.79 Å². The topological polar surface area (TPSA) is 75.2 Å². The molecule has 0 aliphatic heterocycles. The molecule has 0 radical (unpaired) electrons. The van der Waals surface area contributed by atoms with Crippen LogP contribution in [-0.2, 0) is 23.7 Å². The van der Waals surface area contributed by atoms with Gasteiger partial charge in [-0.25, -0.2) is 4.79 Å². The maximum atomic E-state index is 11.1. The minimum Gasteiger partial charge on any atom is -0.447 e. The molecule has 0 rings (SSSR count). The van der Waals surface area contributed by atoms with E-state index in [1.165, 1.54) is 0 Å². The molecule has 0 unspecified atom stereocenters. The Labute approximate surface area is 127 Å². The van der Waals surface area contributed by atoms with E-state index in [2.05, 4.69) is 5.32 Å². The largest absolute Gasteiger partial charge is 0.447 e. The van der Waals surface area contributed by atoms with Gasteiger partial charge in [0.1, 0.15) is 6.61 Å². The average Bonchev–Trinajstić information content (AvgIpc) is 2.43. The Balaban J connectivity index is 3.07. The van der Waals surface area contributed by atoms with Gasteiger partial charge < -0.3 is 29.0 Å². The minimum absolute atomic E-state index is 0.0718. The Hall–Kier alpha value is -0.890. The molecule has 0 saturated heterocycles. The first-order valence-corrected chi connectivity index (χ1v) is 7.41. The molecule has 0 aromatic carbocycles.